The molecule has 98 valence electrons. The Morgan fingerprint density at radius 3 is 2.68 bits per heavy atom. The molecule has 1 aromatic heterocycles. The Labute approximate surface area is 111 Å². The molecule has 5 nitrogen and oxygen atoms in total. The van der Waals surface area contributed by atoms with Gasteiger partial charge < -0.3 is 9.47 Å². The molecule has 19 heavy (non-hydrogen) atoms. The molecule has 0 aliphatic heterocycles. The first-order chi connectivity index (χ1) is 9.36. The van der Waals surface area contributed by atoms with Crippen LogP contribution in [0.5, 0.6) is 5.75 Å². The van der Waals surface area contributed by atoms with Crippen LogP contribution in [0.2, 0.25) is 0 Å². The fourth-order valence-corrected chi connectivity index (χ4v) is 1.70. The van der Waals surface area contributed by atoms with E-state index >= 15 is 0 Å². The number of hydrogen-bond donors (Lipinski definition) is 0. The van der Waals surface area contributed by atoms with Crippen molar-refractivity contribution in [2.45, 2.75) is 0 Å². The van der Waals surface area contributed by atoms with E-state index in [1.807, 2.05) is 6.07 Å². The smallest absolute Gasteiger partial charge is 0.153 e. The number of nitrogens with zero attached hydrogens (tertiary/aromatic N) is 2. The number of methoxy groups -OCH3 is 1. The number of hydrogen-bond acceptors (Lipinski definition) is 5. The molecule has 0 N–H and O–H groups in total. The Bertz CT molecular complexity index is 544. The van der Waals surface area contributed by atoms with E-state index in [2.05, 4.69) is 9.97 Å². The van der Waals surface area contributed by atoms with E-state index < -0.39 is 0 Å². The summed E-state index contributed by atoms with van der Waals surface area (Å²) in [6.45, 7) is 0.833. The predicted molar refractivity (Wildman–Crippen MR) is 70.2 cm³/mol. The van der Waals surface area contributed by atoms with Crippen molar-refractivity contribution in [3.05, 3.63) is 42.5 Å². The molecule has 2 aromatic rings. The second-order valence-electron chi connectivity index (χ2n) is 3.81. The number of aromatic nitrogens is 2. The Kier molecular flexibility index (Phi) is 4.58. The van der Waals surface area contributed by atoms with Gasteiger partial charge in [0, 0.05) is 30.6 Å². The van der Waals surface area contributed by atoms with Crippen LogP contribution in [-0.2, 0) is 4.74 Å². The van der Waals surface area contributed by atoms with Crippen molar-refractivity contribution in [1.29, 1.82) is 0 Å². The van der Waals surface area contributed by atoms with Crippen LogP contribution in [-0.4, -0.2) is 36.6 Å². The van der Waals surface area contributed by atoms with Crippen LogP contribution in [0.3, 0.4) is 0 Å². The van der Waals surface area contributed by atoms with Crippen LogP contribution in [0, 0.1) is 0 Å². The summed E-state index contributed by atoms with van der Waals surface area (Å²) in [4.78, 5) is 19.0. The molecular formula is C14H14N2O3. The van der Waals surface area contributed by atoms with Gasteiger partial charge in [-0.15, -0.1) is 0 Å². The third kappa shape index (κ3) is 3.14. The lowest BCUT2D eigenvalue weighted by molar-refractivity contribution is 0.111. The highest BCUT2D eigenvalue weighted by molar-refractivity contribution is 5.85. The van der Waals surface area contributed by atoms with E-state index in [9.17, 15) is 4.79 Å². The maximum absolute atomic E-state index is 11.1. The monoisotopic (exact) mass is 258 g/mol. The fraction of sp³-hybridized carbons (Fsp3) is 0.214. The first-order valence-electron chi connectivity index (χ1n) is 5.82. The lowest BCUT2D eigenvalue weighted by atomic mass is 10.0. The van der Waals surface area contributed by atoms with Gasteiger partial charge in [0.1, 0.15) is 18.7 Å². The zero-order chi connectivity index (χ0) is 13.5. The van der Waals surface area contributed by atoms with E-state index in [1.54, 1.807) is 31.6 Å². The first kappa shape index (κ1) is 13.2. The quantitative estimate of drug-likeness (QED) is 0.585. The van der Waals surface area contributed by atoms with Crippen molar-refractivity contribution >= 4 is 6.29 Å². The number of para-hydroxylation sites is 1. The summed E-state index contributed by atoms with van der Waals surface area (Å²) in [6, 6.07) is 5.38. The molecule has 0 amide bonds. The highest BCUT2D eigenvalue weighted by atomic mass is 16.5. The lowest BCUT2D eigenvalue weighted by Gasteiger charge is -2.13. The molecule has 0 aliphatic rings. The maximum Gasteiger partial charge on any atom is 0.153 e. The number of carbonyl (C=O) groups excluding carboxylic acids is 1. The Balaban J connectivity index is 2.39. The Morgan fingerprint density at radius 2 is 2.00 bits per heavy atom. The summed E-state index contributed by atoms with van der Waals surface area (Å²) in [7, 11) is 1.60. The SMILES string of the molecule is COCCOc1c(C=O)cccc1-c1cncnc1. The number of ether oxygens (including phenoxy) is 2. The summed E-state index contributed by atoms with van der Waals surface area (Å²) < 4.78 is 10.6. The first-order valence-corrected chi connectivity index (χ1v) is 5.82. The predicted octanol–water partition coefficient (Wildman–Crippen LogP) is 1.98. The largest absolute Gasteiger partial charge is 0.490 e. The zero-order valence-corrected chi connectivity index (χ0v) is 10.6. The highest BCUT2D eigenvalue weighted by Crippen LogP contribution is 2.31. The van der Waals surface area contributed by atoms with Crippen LogP contribution in [0.4, 0.5) is 0 Å². The average Bonchev–Trinajstić information content (AvgIpc) is 2.48. The number of benzene rings is 1. The van der Waals surface area contributed by atoms with Gasteiger partial charge in [-0.1, -0.05) is 12.1 Å². The topological polar surface area (TPSA) is 61.3 Å². The van der Waals surface area contributed by atoms with E-state index in [0.717, 1.165) is 17.4 Å². The van der Waals surface area contributed by atoms with E-state index in [0.29, 0.717) is 24.5 Å². The molecule has 0 spiro atoms. The molecule has 1 aromatic carbocycles. The molecule has 1 heterocycles. The number of rotatable bonds is 6. The molecular weight excluding hydrogens is 244 g/mol. The normalized spacial score (nSPS) is 10.2. The van der Waals surface area contributed by atoms with Crippen LogP contribution in [0.25, 0.3) is 11.1 Å². The second-order valence-corrected chi connectivity index (χ2v) is 3.81. The van der Waals surface area contributed by atoms with Crippen molar-refractivity contribution in [1.82, 2.24) is 9.97 Å². The molecule has 2 rings (SSSR count). The maximum atomic E-state index is 11.1. The number of aldehydes is 1. The minimum absolute atomic E-state index is 0.377. The fourth-order valence-electron chi connectivity index (χ4n) is 1.70. The lowest BCUT2D eigenvalue weighted by Crippen LogP contribution is -2.07. The van der Waals surface area contributed by atoms with Crippen molar-refractivity contribution in [3.8, 4) is 16.9 Å². The van der Waals surface area contributed by atoms with Gasteiger partial charge in [-0.2, -0.15) is 0 Å². The van der Waals surface area contributed by atoms with Gasteiger partial charge in [0.05, 0.1) is 12.2 Å². The summed E-state index contributed by atoms with van der Waals surface area (Å²) in [5.74, 6) is 0.532. The van der Waals surface area contributed by atoms with Crippen molar-refractivity contribution < 1.29 is 14.3 Å². The van der Waals surface area contributed by atoms with E-state index in [-0.39, 0.29) is 0 Å². The van der Waals surface area contributed by atoms with Crippen molar-refractivity contribution in [2.75, 3.05) is 20.3 Å². The zero-order valence-electron chi connectivity index (χ0n) is 10.6. The van der Waals surface area contributed by atoms with Crippen LogP contribution in [0.15, 0.2) is 36.9 Å². The van der Waals surface area contributed by atoms with E-state index in [1.165, 1.54) is 6.33 Å². The second kappa shape index (κ2) is 6.61. The average molecular weight is 258 g/mol. The van der Waals surface area contributed by atoms with Crippen molar-refractivity contribution in [3.63, 3.8) is 0 Å². The molecule has 0 atom stereocenters. The summed E-state index contributed by atoms with van der Waals surface area (Å²) >= 11 is 0. The number of carbonyl (C=O) groups is 1. The van der Waals surface area contributed by atoms with Crippen LogP contribution < -0.4 is 4.74 Å². The summed E-state index contributed by atoms with van der Waals surface area (Å²) in [5, 5.41) is 0. The highest BCUT2D eigenvalue weighted by Gasteiger charge is 2.11. The third-order valence-corrected chi connectivity index (χ3v) is 2.58. The van der Waals surface area contributed by atoms with Gasteiger partial charge in [0.2, 0.25) is 0 Å². The van der Waals surface area contributed by atoms with Gasteiger partial charge in [0.15, 0.2) is 6.29 Å². The Hall–Kier alpha value is -2.27. The summed E-state index contributed by atoms with van der Waals surface area (Å²) in [6.07, 6.45) is 5.59. The molecule has 0 unspecified atom stereocenters. The van der Waals surface area contributed by atoms with Gasteiger partial charge in [0.25, 0.3) is 0 Å². The molecule has 0 fully saturated rings. The van der Waals surface area contributed by atoms with Gasteiger partial charge in [-0.05, 0) is 6.07 Å². The minimum Gasteiger partial charge on any atom is -0.490 e. The Morgan fingerprint density at radius 1 is 1.21 bits per heavy atom. The van der Waals surface area contributed by atoms with Gasteiger partial charge in [-0.25, -0.2) is 9.97 Å². The minimum atomic E-state index is 0.377. The van der Waals surface area contributed by atoms with E-state index in [4.69, 9.17) is 9.47 Å². The summed E-state index contributed by atoms with van der Waals surface area (Å²) in [5.41, 5.74) is 2.09. The molecule has 5 heteroatoms. The molecule has 0 bridgehead atoms. The molecule has 0 saturated carbocycles. The molecule has 0 radical (unpaired) electrons. The van der Waals surface area contributed by atoms with Crippen LogP contribution in [0.1, 0.15) is 10.4 Å². The molecule has 0 aliphatic carbocycles. The van der Waals surface area contributed by atoms with Crippen molar-refractivity contribution in [2.24, 2.45) is 0 Å². The standard InChI is InChI=1S/C14H14N2O3/c1-18-5-6-19-14-11(9-17)3-2-4-13(14)12-7-15-10-16-8-12/h2-4,7-10H,5-6H2,1H3. The van der Waals surface area contributed by atoms with Gasteiger partial charge >= 0.3 is 0 Å². The third-order valence-electron chi connectivity index (χ3n) is 2.58. The molecule has 0 saturated heterocycles. The van der Waals surface area contributed by atoms with Crippen LogP contribution >= 0.6 is 0 Å². The van der Waals surface area contributed by atoms with Gasteiger partial charge in [-0.3, -0.25) is 4.79 Å².